The van der Waals surface area contributed by atoms with E-state index in [0.29, 0.717) is 5.92 Å². The van der Waals surface area contributed by atoms with Crippen molar-refractivity contribution >= 4 is 15.9 Å². The molecule has 1 aromatic carbocycles. The van der Waals surface area contributed by atoms with Crippen LogP contribution in [-0.2, 0) is 0 Å². The molecule has 1 atom stereocenters. The van der Waals surface area contributed by atoms with Gasteiger partial charge in [0.05, 0.1) is 0 Å². The number of nitrogens with one attached hydrogen (secondary N) is 1. The first-order valence-electron chi connectivity index (χ1n) is 5.85. The average molecular weight is 286 g/mol. The highest BCUT2D eigenvalue weighted by atomic mass is 79.9. The summed E-state index contributed by atoms with van der Waals surface area (Å²) < 4.78 is 14.7. The van der Waals surface area contributed by atoms with Crippen LogP contribution < -0.4 is 5.32 Å². The average Bonchev–Trinajstić information content (AvgIpc) is 2.77. The molecule has 1 saturated carbocycles. The topological polar surface area (TPSA) is 12.0 Å². The third-order valence-corrected chi connectivity index (χ3v) is 4.18. The molecule has 16 heavy (non-hydrogen) atoms. The standard InChI is InChI=1S/C13H17BrFN/c1-16-13(9-5-2-3-6-9)12-10(14)7-4-8-11(12)15/h4,7-9,13,16H,2-3,5-6H2,1H3. The van der Waals surface area contributed by atoms with E-state index in [1.807, 2.05) is 13.1 Å². The highest BCUT2D eigenvalue weighted by Gasteiger charge is 2.28. The summed E-state index contributed by atoms with van der Waals surface area (Å²) in [6, 6.07) is 5.33. The van der Waals surface area contributed by atoms with Gasteiger partial charge in [-0.1, -0.05) is 34.8 Å². The molecule has 1 aliphatic carbocycles. The zero-order chi connectivity index (χ0) is 11.5. The van der Waals surface area contributed by atoms with Crippen molar-refractivity contribution in [1.29, 1.82) is 0 Å². The van der Waals surface area contributed by atoms with E-state index < -0.39 is 0 Å². The van der Waals surface area contributed by atoms with Crippen molar-refractivity contribution < 1.29 is 4.39 Å². The lowest BCUT2D eigenvalue weighted by Gasteiger charge is -2.24. The van der Waals surface area contributed by atoms with Gasteiger partial charge in [-0.2, -0.15) is 0 Å². The van der Waals surface area contributed by atoms with Gasteiger partial charge in [-0.25, -0.2) is 4.39 Å². The Hall–Kier alpha value is -0.410. The predicted molar refractivity (Wildman–Crippen MR) is 67.9 cm³/mol. The van der Waals surface area contributed by atoms with Crippen LogP contribution >= 0.6 is 15.9 Å². The molecule has 0 saturated heterocycles. The first kappa shape index (κ1) is 12.1. The Morgan fingerprint density at radius 3 is 2.62 bits per heavy atom. The van der Waals surface area contributed by atoms with Crippen LogP contribution in [0.1, 0.15) is 37.3 Å². The molecule has 0 spiro atoms. The van der Waals surface area contributed by atoms with E-state index in [1.54, 1.807) is 12.1 Å². The van der Waals surface area contributed by atoms with Crippen LogP contribution in [0, 0.1) is 11.7 Å². The minimum atomic E-state index is -0.111. The van der Waals surface area contributed by atoms with E-state index in [4.69, 9.17) is 0 Å². The number of halogens is 2. The van der Waals surface area contributed by atoms with Gasteiger partial charge >= 0.3 is 0 Å². The van der Waals surface area contributed by atoms with Crippen LogP contribution in [0.5, 0.6) is 0 Å². The maximum absolute atomic E-state index is 13.9. The second-order valence-electron chi connectivity index (χ2n) is 4.45. The molecule has 0 radical (unpaired) electrons. The molecule has 1 nitrogen and oxygen atoms in total. The van der Waals surface area contributed by atoms with Gasteiger partial charge in [-0.15, -0.1) is 0 Å². The van der Waals surface area contributed by atoms with Crippen LogP contribution in [0.2, 0.25) is 0 Å². The zero-order valence-corrected chi connectivity index (χ0v) is 11.1. The summed E-state index contributed by atoms with van der Waals surface area (Å²) in [5.41, 5.74) is 0.789. The van der Waals surface area contributed by atoms with Gasteiger partial charge in [-0.3, -0.25) is 0 Å². The maximum Gasteiger partial charge on any atom is 0.129 e. The minimum absolute atomic E-state index is 0.111. The summed E-state index contributed by atoms with van der Waals surface area (Å²) in [5.74, 6) is 0.457. The molecule has 0 aromatic heterocycles. The first-order chi connectivity index (χ1) is 7.74. The zero-order valence-electron chi connectivity index (χ0n) is 9.47. The van der Waals surface area contributed by atoms with Gasteiger partial charge in [0.15, 0.2) is 0 Å². The van der Waals surface area contributed by atoms with Gasteiger partial charge in [0.1, 0.15) is 5.82 Å². The van der Waals surface area contributed by atoms with E-state index in [-0.39, 0.29) is 11.9 Å². The summed E-state index contributed by atoms with van der Waals surface area (Å²) in [6.45, 7) is 0. The van der Waals surface area contributed by atoms with Crippen molar-refractivity contribution in [2.45, 2.75) is 31.7 Å². The summed E-state index contributed by atoms with van der Waals surface area (Å²) >= 11 is 3.46. The molecule has 0 amide bonds. The highest BCUT2D eigenvalue weighted by Crippen LogP contribution is 2.38. The molecule has 1 aliphatic rings. The van der Waals surface area contributed by atoms with Crippen molar-refractivity contribution in [3.05, 3.63) is 34.1 Å². The van der Waals surface area contributed by atoms with Crippen LogP contribution in [-0.4, -0.2) is 7.05 Å². The number of benzene rings is 1. The molecule has 1 fully saturated rings. The lowest BCUT2D eigenvalue weighted by atomic mass is 9.91. The van der Waals surface area contributed by atoms with Crippen LogP contribution in [0.3, 0.4) is 0 Å². The van der Waals surface area contributed by atoms with Crippen LogP contribution in [0.15, 0.2) is 22.7 Å². The second kappa shape index (κ2) is 5.28. The van der Waals surface area contributed by atoms with Crippen molar-refractivity contribution in [2.24, 2.45) is 5.92 Å². The summed E-state index contributed by atoms with van der Waals surface area (Å²) in [4.78, 5) is 0. The van der Waals surface area contributed by atoms with E-state index in [2.05, 4.69) is 21.2 Å². The fourth-order valence-corrected chi connectivity index (χ4v) is 3.30. The first-order valence-corrected chi connectivity index (χ1v) is 6.64. The Morgan fingerprint density at radius 2 is 2.06 bits per heavy atom. The Balaban J connectivity index is 2.32. The molecule has 1 aromatic rings. The maximum atomic E-state index is 13.9. The van der Waals surface area contributed by atoms with Crippen LogP contribution in [0.25, 0.3) is 0 Å². The van der Waals surface area contributed by atoms with Crippen molar-refractivity contribution in [1.82, 2.24) is 5.32 Å². The fraction of sp³-hybridized carbons (Fsp3) is 0.538. The third kappa shape index (κ3) is 2.30. The molecule has 0 heterocycles. The van der Waals surface area contributed by atoms with Gasteiger partial charge in [0.2, 0.25) is 0 Å². The van der Waals surface area contributed by atoms with E-state index in [9.17, 15) is 4.39 Å². The summed E-state index contributed by atoms with van der Waals surface area (Å²) in [7, 11) is 1.92. The predicted octanol–water partition coefficient (Wildman–Crippen LogP) is 4.04. The van der Waals surface area contributed by atoms with E-state index >= 15 is 0 Å². The Kier molecular flexibility index (Phi) is 3.98. The molecular formula is C13H17BrFN. The van der Waals surface area contributed by atoms with E-state index in [0.717, 1.165) is 10.0 Å². The summed E-state index contributed by atoms with van der Waals surface area (Å²) in [6.07, 6.45) is 4.95. The van der Waals surface area contributed by atoms with Gasteiger partial charge in [0, 0.05) is 16.1 Å². The third-order valence-electron chi connectivity index (χ3n) is 3.49. The molecule has 88 valence electrons. The highest BCUT2D eigenvalue weighted by molar-refractivity contribution is 9.10. The molecule has 0 bridgehead atoms. The summed E-state index contributed by atoms with van der Waals surface area (Å²) in [5, 5.41) is 3.27. The lowest BCUT2D eigenvalue weighted by Crippen LogP contribution is -2.25. The molecule has 1 unspecified atom stereocenters. The van der Waals surface area contributed by atoms with Gasteiger partial charge in [-0.05, 0) is 37.9 Å². The smallest absolute Gasteiger partial charge is 0.129 e. The normalized spacial score (nSPS) is 18.9. The number of hydrogen-bond donors (Lipinski definition) is 1. The quantitative estimate of drug-likeness (QED) is 0.884. The second-order valence-corrected chi connectivity index (χ2v) is 5.30. The SMILES string of the molecule is CNC(c1c(F)cccc1Br)C1CCCC1. The Morgan fingerprint density at radius 1 is 1.38 bits per heavy atom. The largest absolute Gasteiger partial charge is 0.313 e. The molecule has 3 heteroatoms. The number of hydrogen-bond acceptors (Lipinski definition) is 1. The Labute approximate surface area is 105 Å². The van der Waals surface area contributed by atoms with Crippen molar-refractivity contribution in [3.8, 4) is 0 Å². The molecule has 1 N–H and O–H groups in total. The van der Waals surface area contributed by atoms with Gasteiger partial charge in [0.25, 0.3) is 0 Å². The molecule has 0 aliphatic heterocycles. The minimum Gasteiger partial charge on any atom is -0.313 e. The van der Waals surface area contributed by atoms with E-state index in [1.165, 1.54) is 25.7 Å². The lowest BCUT2D eigenvalue weighted by molar-refractivity contribution is 0.376. The van der Waals surface area contributed by atoms with Crippen molar-refractivity contribution in [3.63, 3.8) is 0 Å². The van der Waals surface area contributed by atoms with Gasteiger partial charge < -0.3 is 5.32 Å². The fourth-order valence-electron chi connectivity index (χ4n) is 2.71. The van der Waals surface area contributed by atoms with Crippen molar-refractivity contribution in [2.75, 3.05) is 7.05 Å². The molecular weight excluding hydrogens is 269 g/mol. The van der Waals surface area contributed by atoms with Crippen LogP contribution in [0.4, 0.5) is 4.39 Å². The monoisotopic (exact) mass is 285 g/mol. The number of rotatable bonds is 3. The molecule has 2 rings (SSSR count). The Bertz CT molecular complexity index is 341.